The molecular weight excluding hydrogens is 1240 g/mol. The fourth-order valence-corrected chi connectivity index (χ4v) is 12.9. The number of methoxy groups -OCH3 is 2. The summed E-state index contributed by atoms with van der Waals surface area (Å²) < 4.78 is 48.0. The number of benzene rings is 1. The first-order valence-corrected chi connectivity index (χ1v) is 31.8. The van der Waals surface area contributed by atoms with E-state index in [9.17, 15) is 58.2 Å². The highest BCUT2D eigenvalue weighted by Crippen LogP contribution is 2.53. The maximum Gasteiger partial charge on any atom is 0.409 e. The number of imide groups is 1. The average Bonchev–Trinajstić information content (AvgIpc) is 1.59. The number of esters is 2. The molecule has 510 valence electrons. The van der Waals surface area contributed by atoms with Gasteiger partial charge < -0.3 is 68.1 Å². The lowest BCUT2D eigenvalue weighted by molar-refractivity contribution is -0.197. The van der Waals surface area contributed by atoms with Crippen LogP contribution in [0.2, 0.25) is 5.02 Å². The van der Waals surface area contributed by atoms with Gasteiger partial charge in [0.2, 0.25) is 17.7 Å². The highest BCUT2D eigenvalue weighted by Gasteiger charge is 2.65. The fourth-order valence-electron chi connectivity index (χ4n) is 12.6. The van der Waals surface area contributed by atoms with E-state index in [4.69, 9.17) is 54.3 Å². The van der Waals surface area contributed by atoms with Gasteiger partial charge in [0.1, 0.15) is 40.7 Å². The molecule has 1 aromatic carbocycles. The molecular formula is C63H85ClN8O21. The maximum absolute atomic E-state index is 14.4. The number of likely N-dealkylation sites (N-methyl/N-ethyl adjacent to an activating group) is 1. The Kier molecular flexibility index (Phi) is 24.2. The van der Waals surface area contributed by atoms with Gasteiger partial charge in [-0.3, -0.25) is 38.9 Å². The molecule has 6 aliphatic rings. The average molecular weight is 1330 g/mol. The maximum atomic E-state index is 14.4. The minimum absolute atomic E-state index is 0.00515. The van der Waals surface area contributed by atoms with Gasteiger partial charge in [-0.1, -0.05) is 47.5 Å². The van der Waals surface area contributed by atoms with Gasteiger partial charge in [0, 0.05) is 65.3 Å². The Labute approximate surface area is 543 Å². The lowest BCUT2D eigenvalue weighted by Crippen LogP contribution is -2.63. The van der Waals surface area contributed by atoms with Crippen molar-refractivity contribution in [3.8, 4) is 5.75 Å². The number of hydrogen-bond acceptors (Lipinski definition) is 22. The molecule has 4 fully saturated rings. The number of hydrogen-bond donors (Lipinski definition) is 4. The lowest BCUT2D eigenvalue weighted by atomic mass is 9.83. The van der Waals surface area contributed by atoms with Crippen molar-refractivity contribution in [2.45, 2.75) is 166 Å². The third kappa shape index (κ3) is 18.0. The molecule has 2 unspecified atom stereocenters. The SMILES string of the molecule is COc1cc2cc(c1Cl)N(C)C(=O)C[C@H](OC(=O)[C@@H](C)N(C)C(=O)CCOCCOCCNC(=O)C(CCC(=O)O)CC(=O)OCC1[C@H]3CCc4c(nnn4CCC(=O)ON4C(=O)CCC4=O)CC[C@@H]13)[C@]1(C)O[C@H]1[C@H](C)[C@@H]1C[C@@](O)(NC(=O)O1)[C@H](OC)/C=C/C=C(\C)C2. The van der Waals surface area contributed by atoms with E-state index >= 15 is 0 Å². The molecule has 4 aliphatic heterocycles. The topological polar surface area (TPSA) is 362 Å². The first kappa shape index (κ1) is 71.3. The number of carbonyl (C=O) groups is 10. The highest BCUT2D eigenvalue weighted by atomic mass is 35.5. The first-order chi connectivity index (χ1) is 44.2. The van der Waals surface area contributed by atoms with Crippen molar-refractivity contribution < 1.29 is 101 Å². The number of aromatic nitrogens is 3. The minimum atomic E-state index is -1.90. The Hall–Kier alpha value is -7.57. The van der Waals surface area contributed by atoms with Crippen LogP contribution in [0.5, 0.6) is 5.75 Å². The molecule has 5 heterocycles. The Bertz CT molecular complexity index is 3180. The molecule has 30 heteroatoms. The number of rotatable bonds is 26. The largest absolute Gasteiger partial charge is 0.495 e. The van der Waals surface area contributed by atoms with Crippen LogP contribution in [0.4, 0.5) is 10.5 Å². The van der Waals surface area contributed by atoms with Gasteiger partial charge in [-0.2, -0.15) is 0 Å². The zero-order chi connectivity index (χ0) is 67.5. The number of amides is 6. The number of carbonyl (C=O) groups excluding carboxylic acids is 9. The molecule has 0 radical (unpaired) electrons. The van der Waals surface area contributed by atoms with Crippen LogP contribution in [0.15, 0.2) is 35.9 Å². The number of carboxylic acids is 1. The molecule has 93 heavy (non-hydrogen) atoms. The normalized spacial score (nSPS) is 27.6. The van der Waals surface area contributed by atoms with E-state index in [0.717, 1.165) is 35.4 Å². The van der Waals surface area contributed by atoms with Crippen LogP contribution in [-0.4, -0.2) is 204 Å². The van der Waals surface area contributed by atoms with Crippen LogP contribution in [-0.2, 0) is 107 Å². The number of aryl methyl sites for hydroxylation is 2. The van der Waals surface area contributed by atoms with E-state index in [-0.39, 0.29) is 120 Å². The Morgan fingerprint density at radius 1 is 0.946 bits per heavy atom. The van der Waals surface area contributed by atoms with Gasteiger partial charge in [-0.15, -0.1) is 10.2 Å². The summed E-state index contributed by atoms with van der Waals surface area (Å²) in [7, 11) is 5.82. The monoisotopic (exact) mass is 1320 g/mol. The summed E-state index contributed by atoms with van der Waals surface area (Å²) in [4.78, 5) is 137. The second-order valence-electron chi connectivity index (χ2n) is 24.8. The van der Waals surface area contributed by atoms with Crippen molar-refractivity contribution in [2.75, 3.05) is 72.8 Å². The number of halogens is 1. The number of allylic oxidation sites excluding steroid dienone is 3. The standard InChI is InChI=1S/C63H85ClN8O21/c1-35-10-9-11-48(86-8)63(84)33-47(90-61(83)66-63)36(2)58-62(4,92-58)49(32-53(76)70(6)45-29-38(28-35)30-46(85-7)57(45)64)91-60(82)37(3)69(5)50(73)21-24-87-26-27-88-25-22-65-59(81)39(12-19-54(77)78)31-56(80)89-34-42-40-13-15-43-44(16-14-41(40)42)71(68-67-43)23-20-55(79)93-72-51(74)17-18-52(72)75/h9-11,29-30,36-37,39-42,47-49,58,84H,12-28,31-34H2,1-8H3,(H,65,81)(H,66,83)(H,77,78)/b11-9+,35-10+/t36-,37-,39?,40-,41+,42?,47+,48-,49+,58+,62+,63+/m1/s1. The van der Waals surface area contributed by atoms with E-state index in [2.05, 4.69) is 20.9 Å². The molecule has 0 spiro atoms. The van der Waals surface area contributed by atoms with Gasteiger partial charge in [0.15, 0.2) is 5.72 Å². The van der Waals surface area contributed by atoms with Gasteiger partial charge >= 0.3 is 30.0 Å². The van der Waals surface area contributed by atoms with Gasteiger partial charge in [-0.05, 0) is 94.7 Å². The van der Waals surface area contributed by atoms with E-state index < -0.39 is 120 Å². The second kappa shape index (κ2) is 31.6. The molecule has 2 aromatic rings. The van der Waals surface area contributed by atoms with E-state index in [1.807, 2.05) is 13.0 Å². The number of ether oxygens (including phenoxy) is 8. The molecule has 8 rings (SSSR count). The van der Waals surface area contributed by atoms with Crippen LogP contribution in [0.1, 0.15) is 115 Å². The molecule has 4 N–H and O–H groups in total. The number of epoxide rings is 1. The predicted molar refractivity (Wildman–Crippen MR) is 325 cm³/mol. The van der Waals surface area contributed by atoms with Crippen molar-refractivity contribution in [1.82, 2.24) is 35.6 Å². The number of carboxylic acid groups (broad SMARTS) is 1. The van der Waals surface area contributed by atoms with Gasteiger partial charge in [-0.25, -0.2) is 19.1 Å². The third-order valence-electron chi connectivity index (χ3n) is 18.4. The summed E-state index contributed by atoms with van der Waals surface area (Å²) in [6.45, 7) is 7.27. The van der Waals surface area contributed by atoms with Crippen LogP contribution < -0.4 is 20.3 Å². The van der Waals surface area contributed by atoms with Crippen molar-refractivity contribution in [3.05, 3.63) is 57.9 Å². The quantitative estimate of drug-likeness (QED) is 0.0344. The molecule has 6 amide bonds. The molecule has 12 atom stereocenters. The summed E-state index contributed by atoms with van der Waals surface area (Å²) in [6.07, 6.45) is 1.97. The van der Waals surface area contributed by atoms with E-state index in [1.165, 1.54) is 45.0 Å². The van der Waals surface area contributed by atoms with Crippen LogP contribution in [0.3, 0.4) is 0 Å². The zero-order valence-corrected chi connectivity index (χ0v) is 54.5. The Morgan fingerprint density at radius 2 is 1.66 bits per heavy atom. The highest BCUT2D eigenvalue weighted by molar-refractivity contribution is 6.35. The fraction of sp³-hybridized carbons (Fsp3) is 0.651. The summed E-state index contributed by atoms with van der Waals surface area (Å²) >= 11 is 6.83. The molecule has 1 aromatic heterocycles. The van der Waals surface area contributed by atoms with Crippen molar-refractivity contribution in [2.24, 2.45) is 29.6 Å². The number of aliphatic hydroxyl groups is 1. The number of hydroxylamine groups is 2. The second-order valence-corrected chi connectivity index (χ2v) is 25.1. The minimum Gasteiger partial charge on any atom is -0.495 e. The summed E-state index contributed by atoms with van der Waals surface area (Å²) in [5, 5.41) is 35.7. The zero-order valence-electron chi connectivity index (χ0n) is 53.7. The summed E-state index contributed by atoms with van der Waals surface area (Å²) in [5.74, 6) is -6.61. The molecule has 3 saturated heterocycles. The number of alkyl carbamates (subject to hydrolysis) is 1. The van der Waals surface area contributed by atoms with Gasteiger partial charge in [0.05, 0.1) is 95.6 Å². The lowest BCUT2D eigenvalue weighted by Gasteiger charge is -2.42. The van der Waals surface area contributed by atoms with Gasteiger partial charge in [0.25, 0.3) is 11.8 Å². The molecule has 4 bridgehead atoms. The third-order valence-corrected chi connectivity index (χ3v) is 18.8. The van der Waals surface area contributed by atoms with Crippen LogP contribution >= 0.6 is 11.6 Å². The van der Waals surface area contributed by atoms with Crippen molar-refractivity contribution in [1.29, 1.82) is 0 Å². The van der Waals surface area contributed by atoms with Crippen molar-refractivity contribution in [3.63, 3.8) is 0 Å². The predicted octanol–water partition coefficient (Wildman–Crippen LogP) is 3.50. The Balaban J connectivity index is 0.762. The Morgan fingerprint density at radius 3 is 2.35 bits per heavy atom. The van der Waals surface area contributed by atoms with E-state index in [1.54, 1.807) is 42.8 Å². The van der Waals surface area contributed by atoms with Crippen LogP contribution in [0, 0.1) is 29.6 Å². The van der Waals surface area contributed by atoms with Crippen LogP contribution in [0.25, 0.3) is 0 Å². The first-order valence-electron chi connectivity index (χ1n) is 31.4. The number of fused-ring (bicyclic) bond motifs is 7. The number of aliphatic carboxylic acids is 1. The van der Waals surface area contributed by atoms with Crippen molar-refractivity contribution >= 4 is 76.8 Å². The number of anilines is 1. The smallest absolute Gasteiger partial charge is 0.409 e. The molecule has 29 nitrogen and oxygen atoms in total. The summed E-state index contributed by atoms with van der Waals surface area (Å²) in [6, 6.07) is 2.36. The number of nitrogens with zero attached hydrogens (tertiary/aromatic N) is 6. The molecule has 2 aliphatic carbocycles. The number of nitrogens with one attached hydrogen (secondary N) is 2. The molecule has 1 saturated carbocycles. The summed E-state index contributed by atoms with van der Waals surface area (Å²) in [5.41, 5.74) is 0.426. The van der Waals surface area contributed by atoms with E-state index in [0.29, 0.717) is 35.8 Å².